The zero-order valence-electron chi connectivity index (χ0n) is 16.5. The Morgan fingerprint density at radius 2 is 1.83 bits per heavy atom. The number of thioether (sulfide) groups is 1. The van der Waals surface area contributed by atoms with Crippen LogP contribution in [0.5, 0.6) is 11.5 Å². The lowest BCUT2D eigenvalue weighted by Crippen LogP contribution is -2.15. The number of Topliss-reactive ketones (excluding diaryl/α,β-unsaturated/α-hetero) is 1. The fourth-order valence-electron chi connectivity index (χ4n) is 2.72. The molecule has 0 saturated heterocycles. The number of nitrogens with one attached hydrogen (secondary N) is 1. The molecule has 1 heterocycles. The Bertz CT molecular complexity index is 1120. The molecular formula is C23H19N3O3S. The molecule has 0 saturated carbocycles. The summed E-state index contributed by atoms with van der Waals surface area (Å²) >= 11 is 1.15. The van der Waals surface area contributed by atoms with Crippen molar-refractivity contribution in [2.24, 2.45) is 0 Å². The van der Waals surface area contributed by atoms with Gasteiger partial charge >= 0.3 is 0 Å². The van der Waals surface area contributed by atoms with Gasteiger partial charge in [-0.1, -0.05) is 42.1 Å². The molecule has 0 bridgehead atoms. The second-order valence-electron chi connectivity index (χ2n) is 6.39. The molecule has 2 aromatic carbocycles. The van der Waals surface area contributed by atoms with Crippen molar-refractivity contribution in [1.29, 1.82) is 5.26 Å². The number of aromatic nitrogens is 1. The Kier molecular flexibility index (Phi) is 6.83. The van der Waals surface area contributed by atoms with Gasteiger partial charge in [-0.05, 0) is 44.2 Å². The number of para-hydroxylation sites is 3. The minimum atomic E-state index is -0.261. The molecule has 1 aromatic heterocycles. The van der Waals surface area contributed by atoms with Gasteiger partial charge in [0.05, 0.1) is 17.0 Å². The molecule has 0 radical (unpaired) electrons. The van der Waals surface area contributed by atoms with E-state index in [-0.39, 0.29) is 23.0 Å². The van der Waals surface area contributed by atoms with Crippen molar-refractivity contribution in [3.05, 3.63) is 77.5 Å². The third-order valence-electron chi connectivity index (χ3n) is 4.15. The SMILES string of the molecule is CC(=O)c1cc(C#N)c(SCC(=O)Nc2ccccc2Oc2ccccc2)nc1C. The Balaban J connectivity index is 1.70. The van der Waals surface area contributed by atoms with E-state index in [1.165, 1.54) is 13.0 Å². The van der Waals surface area contributed by atoms with Gasteiger partial charge in [-0.15, -0.1) is 0 Å². The van der Waals surface area contributed by atoms with Crippen LogP contribution >= 0.6 is 11.8 Å². The fraction of sp³-hybridized carbons (Fsp3) is 0.130. The number of carbonyl (C=O) groups excluding carboxylic acids is 2. The van der Waals surface area contributed by atoms with Gasteiger partial charge in [-0.3, -0.25) is 9.59 Å². The first-order valence-corrected chi connectivity index (χ1v) is 10.1. The average molecular weight is 417 g/mol. The van der Waals surface area contributed by atoms with Crippen LogP contribution in [-0.2, 0) is 4.79 Å². The molecule has 6 nitrogen and oxygen atoms in total. The zero-order chi connectivity index (χ0) is 21.5. The van der Waals surface area contributed by atoms with E-state index in [4.69, 9.17) is 4.74 Å². The lowest BCUT2D eigenvalue weighted by Gasteiger charge is -2.12. The standard InChI is InChI=1S/C23H19N3O3S/c1-15-19(16(2)27)12-17(13-24)23(25-15)30-14-22(28)26-20-10-6-7-11-21(20)29-18-8-4-3-5-9-18/h3-12H,14H2,1-2H3,(H,26,28). The fourth-order valence-corrected chi connectivity index (χ4v) is 3.53. The second-order valence-corrected chi connectivity index (χ2v) is 7.35. The summed E-state index contributed by atoms with van der Waals surface area (Å²) in [5.41, 5.74) is 1.76. The van der Waals surface area contributed by atoms with Gasteiger partial charge in [0.25, 0.3) is 0 Å². The Morgan fingerprint density at radius 3 is 2.53 bits per heavy atom. The van der Waals surface area contributed by atoms with Crippen LogP contribution in [0.3, 0.4) is 0 Å². The van der Waals surface area contributed by atoms with E-state index in [1.54, 1.807) is 25.1 Å². The number of rotatable bonds is 7. The highest BCUT2D eigenvalue weighted by Crippen LogP contribution is 2.30. The van der Waals surface area contributed by atoms with Crippen LogP contribution < -0.4 is 10.1 Å². The van der Waals surface area contributed by atoms with E-state index in [0.29, 0.717) is 33.5 Å². The molecule has 3 aromatic rings. The molecule has 150 valence electrons. The predicted molar refractivity (Wildman–Crippen MR) is 116 cm³/mol. The number of ether oxygens (including phenoxy) is 1. The van der Waals surface area contributed by atoms with E-state index in [0.717, 1.165) is 11.8 Å². The third-order valence-corrected chi connectivity index (χ3v) is 5.14. The first-order valence-electron chi connectivity index (χ1n) is 9.15. The molecule has 3 rings (SSSR count). The van der Waals surface area contributed by atoms with Crippen molar-refractivity contribution in [2.75, 3.05) is 11.1 Å². The van der Waals surface area contributed by atoms with Gasteiger partial charge in [0.1, 0.15) is 16.8 Å². The highest BCUT2D eigenvalue weighted by molar-refractivity contribution is 8.00. The summed E-state index contributed by atoms with van der Waals surface area (Å²) in [6, 6.07) is 20.0. The van der Waals surface area contributed by atoms with Gasteiger partial charge in [-0.2, -0.15) is 5.26 Å². The minimum Gasteiger partial charge on any atom is -0.455 e. The molecule has 0 unspecified atom stereocenters. The van der Waals surface area contributed by atoms with E-state index in [1.807, 2.05) is 42.5 Å². The maximum absolute atomic E-state index is 12.5. The lowest BCUT2D eigenvalue weighted by atomic mass is 10.1. The van der Waals surface area contributed by atoms with E-state index < -0.39 is 0 Å². The summed E-state index contributed by atoms with van der Waals surface area (Å²) in [7, 11) is 0. The van der Waals surface area contributed by atoms with Crippen LogP contribution in [0, 0.1) is 18.3 Å². The van der Waals surface area contributed by atoms with Gasteiger partial charge in [0.15, 0.2) is 11.5 Å². The molecule has 1 amide bonds. The van der Waals surface area contributed by atoms with Crippen LogP contribution in [0.15, 0.2) is 65.7 Å². The van der Waals surface area contributed by atoms with Crippen molar-refractivity contribution in [3.63, 3.8) is 0 Å². The highest BCUT2D eigenvalue weighted by atomic mass is 32.2. The molecular weight excluding hydrogens is 398 g/mol. The number of ketones is 1. The topological polar surface area (TPSA) is 92.1 Å². The number of nitrogens with zero attached hydrogens (tertiary/aromatic N) is 2. The maximum Gasteiger partial charge on any atom is 0.234 e. The number of hydrogen-bond donors (Lipinski definition) is 1. The molecule has 0 aliphatic heterocycles. The summed E-state index contributed by atoms with van der Waals surface area (Å²) in [6.45, 7) is 3.14. The molecule has 0 aliphatic carbocycles. The van der Waals surface area contributed by atoms with Crippen molar-refractivity contribution in [3.8, 4) is 17.6 Å². The van der Waals surface area contributed by atoms with E-state index >= 15 is 0 Å². The van der Waals surface area contributed by atoms with Crippen LogP contribution in [0.2, 0.25) is 0 Å². The summed E-state index contributed by atoms with van der Waals surface area (Å²) in [6.07, 6.45) is 0. The molecule has 7 heteroatoms. The number of aryl methyl sites for hydroxylation is 1. The Hall–Kier alpha value is -3.63. The first-order chi connectivity index (χ1) is 14.5. The van der Waals surface area contributed by atoms with E-state index in [2.05, 4.69) is 10.3 Å². The number of nitriles is 1. The monoisotopic (exact) mass is 417 g/mol. The van der Waals surface area contributed by atoms with Gasteiger partial charge in [-0.25, -0.2) is 4.98 Å². The molecule has 0 fully saturated rings. The summed E-state index contributed by atoms with van der Waals surface area (Å²) in [5.74, 6) is 0.834. The zero-order valence-corrected chi connectivity index (χ0v) is 17.3. The quantitative estimate of drug-likeness (QED) is 0.430. The van der Waals surface area contributed by atoms with Crippen LogP contribution in [0.1, 0.15) is 28.5 Å². The van der Waals surface area contributed by atoms with Crippen molar-refractivity contribution in [1.82, 2.24) is 4.98 Å². The largest absolute Gasteiger partial charge is 0.455 e. The number of amides is 1. The summed E-state index contributed by atoms with van der Waals surface area (Å²) in [5, 5.41) is 12.6. The second kappa shape index (κ2) is 9.72. The number of pyridine rings is 1. The summed E-state index contributed by atoms with van der Waals surface area (Å²) < 4.78 is 5.85. The molecule has 0 spiro atoms. The first kappa shape index (κ1) is 21.1. The van der Waals surface area contributed by atoms with Gasteiger partial charge in [0.2, 0.25) is 5.91 Å². The highest BCUT2D eigenvalue weighted by Gasteiger charge is 2.15. The number of hydrogen-bond acceptors (Lipinski definition) is 6. The third kappa shape index (κ3) is 5.25. The average Bonchev–Trinajstić information content (AvgIpc) is 2.74. The number of benzene rings is 2. The van der Waals surface area contributed by atoms with Crippen molar-refractivity contribution < 1.29 is 14.3 Å². The number of anilines is 1. The minimum absolute atomic E-state index is 0.0558. The van der Waals surface area contributed by atoms with Crippen LogP contribution in [-0.4, -0.2) is 22.4 Å². The lowest BCUT2D eigenvalue weighted by molar-refractivity contribution is -0.113. The molecule has 1 N–H and O–H groups in total. The van der Waals surface area contributed by atoms with Crippen molar-refractivity contribution in [2.45, 2.75) is 18.9 Å². The van der Waals surface area contributed by atoms with Crippen molar-refractivity contribution >= 4 is 29.1 Å². The van der Waals surface area contributed by atoms with Crippen LogP contribution in [0.25, 0.3) is 0 Å². The van der Waals surface area contributed by atoms with Crippen LogP contribution in [0.4, 0.5) is 5.69 Å². The molecule has 0 aliphatic rings. The smallest absolute Gasteiger partial charge is 0.234 e. The van der Waals surface area contributed by atoms with Gasteiger partial charge in [0, 0.05) is 11.3 Å². The van der Waals surface area contributed by atoms with Gasteiger partial charge < -0.3 is 10.1 Å². The maximum atomic E-state index is 12.5. The predicted octanol–water partition coefficient (Wildman–Crippen LogP) is 4.99. The number of carbonyl (C=O) groups is 2. The normalized spacial score (nSPS) is 10.2. The molecule has 30 heavy (non-hydrogen) atoms. The molecule has 0 atom stereocenters. The van der Waals surface area contributed by atoms with E-state index in [9.17, 15) is 14.9 Å². The summed E-state index contributed by atoms with van der Waals surface area (Å²) in [4.78, 5) is 28.5. The Labute approximate surface area is 178 Å². The Morgan fingerprint density at radius 1 is 1.13 bits per heavy atom.